The molecule has 0 saturated carbocycles. The summed E-state index contributed by atoms with van der Waals surface area (Å²) >= 11 is 12.4. The Kier molecular flexibility index (Phi) is 6.25. The van der Waals surface area contributed by atoms with E-state index in [1.165, 1.54) is 11.3 Å². The van der Waals surface area contributed by atoms with Crippen molar-refractivity contribution >= 4 is 46.7 Å². The Bertz CT molecular complexity index is 982. The molecule has 0 aliphatic heterocycles. The van der Waals surface area contributed by atoms with Crippen LogP contribution in [0.15, 0.2) is 46.8 Å². The van der Waals surface area contributed by atoms with Crippen molar-refractivity contribution in [1.82, 2.24) is 0 Å². The minimum absolute atomic E-state index is 0.201. The van der Waals surface area contributed by atoms with Crippen molar-refractivity contribution in [2.45, 2.75) is 26.7 Å². The number of hydrogen-bond donors (Lipinski definition) is 1. The maximum Gasteiger partial charge on any atom is 0.132 e. The molecule has 6 heteroatoms. The quantitative estimate of drug-likeness (QED) is 0.423. The SMILES string of the molecule is CC(C)CCc1ccc(-c2ccc(-c3ccc(Cl)c(N)c3N=S)s2)c(F)c1. The Morgan fingerprint density at radius 3 is 2.41 bits per heavy atom. The smallest absolute Gasteiger partial charge is 0.132 e. The average molecular weight is 419 g/mol. The predicted octanol–water partition coefficient (Wildman–Crippen LogP) is 7.41. The lowest BCUT2D eigenvalue weighted by molar-refractivity contribution is 0.582. The van der Waals surface area contributed by atoms with Gasteiger partial charge in [-0.05, 0) is 54.7 Å². The van der Waals surface area contributed by atoms with E-state index in [0.29, 0.717) is 27.9 Å². The fraction of sp³-hybridized carbons (Fsp3) is 0.238. The molecule has 27 heavy (non-hydrogen) atoms. The first-order valence-corrected chi connectivity index (χ1v) is 10.3. The molecule has 0 spiro atoms. The van der Waals surface area contributed by atoms with E-state index < -0.39 is 0 Å². The third kappa shape index (κ3) is 4.37. The largest absolute Gasteiger partial charge is 0.396 e. The molecule has 140 valence electrons. The summed E-state index contributed by atoms with van der Waals surface area (Å²) in [6.07, 6.45) is 1.94. The van der Waals surface area contributed by atoms with Gasteiger partial charge in [0.05, 0.1) is 10.7 Å². The van der Waals surface area contributed by atoms with Gasteiger partial charge in [-0.15, -0.1) is 11.3 Å². The summed E-state index contributed by atoms with van der Waals surface area (Å²) in [5.41, 5.74) is 9.26. The Hall–Kier alpha value is -1.82. The highest BCUT2D eigenvalue weighted by molar-refractivity contribution is 7.47. The third-order valence-corrected chi connectivity index (χ3v) is 6.10. The number of nitrogen functional groups attached to an aromatic ring is 1. The summed E-state index contributed by atoms with van der Waals surface area (Å²) in [6.45, 7) is 4.34. The zero-order valence-electron chi connectivity index (χ0n) is 15.1. The van der Waals surface area contributed by atoms with Crippen LogP contribution in [0.4, 0.5) is 15.8 Å². The Labute approximate surface area is 173 Å². The zero-order valence-corrected chi connectivity index (χ0v) is 17.5. The molecule has 0 atom stereocenters. The predicted molar refractivity (Wildman–Crippen MR) is 117 cm³/mol. The molecule has 0 amide bonds. The Morgan fingerprint density at radius 1 is 1.11 bits per heavy atom. The molecule has 0 aliphatic rings. The van der Waals surface area contributed by atoms with E-state index in [0.717, 1.165) is 33.7 Å². The fourth-order valence-corrected chi connectivity index (χ4v) is 4.29. The van der Waals surface area contributed by atoms with Gasteiger partial charge in [-0.2, -0.15) is 4.36 Å². The Morgan fingerprint density at radius 2 is 1.78 bits per heavy atom. The third-order valence-electron chi connectivity index (χ3n) is 4.44. The van der Waals surface area contributed by atoms with Gasteiger partial charge >= 0.3 is 0 Å². The molecule has 2 N–H and O–H groups in total. The lowest BCUT2D eigenvalue weighted by Gasteiger charge is -2.08. The van der Waals surface area contributed by atoms with Crippen LogP contribution < -0.4 is 5.73 Å². The van der Waals surface area contributed by atoms with Gasteiger partial charge in [0.15, 0.2) is 0 Å². The van der Waals surface area contributed by atoms with Gasteiger partial charge in [0.2, 0.25) is 0 Å². The van der Waals surface area contributed by atoms with Crippen LogP contribution in [0, 0.1) is 11.7 Å². The van der Waals surface area contributed by atoms with Crippen LogP contribution in [0.5, 0.6) is 0 Å². The number of nitrogens with zero attached hydrogens (tertiary/aromatic N) is 1. The van der Waals surface area contributed by atoms with E-state index in [4.69, 9.17) is 29.8 Å². The van der Waals surface area contributed by atoms with E-state index in [-0.39, 0.29) is 5.82 Å². The zero-order chi connectivity index (χ0) is 19.6. The maximum absolute atomic E-state index is 14.7. The van der Waals surface area contributed by atoms with Crippen LogP contribution in [0.3, 0.4) is 0 Å². The number of benzene rings is 2. The molecule has 3 aromatic rings. The monoisotopic (exact) mass is 418 g/mol. The van der Waals surface area contributed by atoms with Gasteiger partial charge < -0.3 is 5.73 Å². The first kappa shape index (κ1) is 19.9. The molecule has 0 bridgehead atoms. The van der Waals surface area contributed by atoms with Crippen LogP contribution in [-0.4, -0.2) is 0 Å². The lowest BCUT2D eigenvalue weighted by Crippen LogP contribution is -1.93. The summed E-state index contributed by atoms with van der Waals surface area (Å²) in [5.74, 6) is 0.400. The lowest BCUT2D eigenvalue weighted by atomic mass is 10.0. The molecule has 0 fully saturated rings. The van der Waals surface area contributed by atoms with Gasteiger partial charge in [0.25, 0.3) is 0 Å². The maximum atomic E-state index is 14.7. The normalized spacial score (nSPS) is 11.1. The standard InChI is InChI=1S/C21H20ClFN2S2/c1-12(2)3-4-13-5-6-14(17(23)11-13)18-9-10-19(27-18)15-7-8-16(22)20(24)21(15)25-26/h5-12H,3-4,24H2,1-2H3. The minimum Gasteiger partial charge on any atom is -0.396 e. The van der Waals surface area contributed by atoms with Gasteiger partial charge in [0, 0.05) is 33.3 Å². The number of hydrogen-bond acceptors (Lipinski definition) is 4. The van der Waals surface area contributed by atoms with Crippen molar-refractivity contribution in [1.29, 1.82) is 0 Å². The summed E-state index contributed by atoms with van der Waals surface area (Å²) in [5, 5.41) is 0.419. The van der Waals surface area contributed by atoms with Crippen molar-refractivity contribution in [3.63, 3.8) is 0 Å². The van der Waals surface area contributed by atoms with Crippen LogP contribution >= 0.6 is 22.9 Å². The molecule has 0 saturated heterocycles. The van der Waals surface area contributed by atoms with Crippen molar-refractivity contribution in [3.8, 4) is 20.9 Å². The highest BCUT2D eigenvalue weighted by Crippen LogP contribution is 2.43. The molecular weight excluding hydrogens is 399 g/mol. The second-order valence-corrected chi connectivity index (χ2v) is 8.53. The van der Waals surface area contributed by atoms with E-state index in [1.807, 2.05) is 30.3 Å². The first-order valence-electron chi connectivity index (χ1n) is 8.71. The second kappa shape index (κ2) is 8.46. The molecule has 0 aliphatic carbocycles. The fourth-order valence-electron chi connectivity index (χ4n) is 2.88. The number of nitrogens with two attached hydrogens (primary N) is 1. The Balaban J connectivity index is 1.93. The number of halogens is 2. The number of rotatable bonds is 6. The van der Waals surface area contributed by atoms with Crippen molar-refractivity contribution in [2.24, 2.45) is 10.3 Å². The van der Waals surface area contributed by atoms with Gasteiger partial charge in [-0.3, -0.25) is 0 Å². The van der Waals surface area contributed by atoms with Crippen LogP contribution in [-0.2, 0) is 18.8 Å². The highest BCUT2D eigenvalue weighted by atomic mass is 35.5. The van der Waals surface area contributed by atoms with Crippen LogP contribution in [0.2, 0.25) is 5.02 Å². The molecule has 3 rings (SSSR count). The molecule has 1 heterocycles. The van der Waals surface area contributed by atoms with Gasteiger partial charge in [-0.1, -0.05) is 37.6 Å². The molecular formula is C21H20ClFN2S2. The number of aryl methyl sites for hydroxylation is 1. The molecule has 1 aromatic heterocycles. The van der Waals surface area contributed by atoms with Crippen molar-refractivity contribution in [3.05, 3.63) is 58.9 Å². The topological polar surface area (TPSA) is 38.4 Å². The van der Waals surface area contributed by atoms with Crippen molar-refractivity contribution < 1.29 is 4.39 Å². The first-order chi connectivity index (χ1) is 12.9. The summed E-state index contributed by atoms with van der Waals surface area (Å²) in [6, 6.07) is 12.9. The molecule has 0 unspecified atom stereocenters. The number of anilines is 1. The summed E-state index contributed by atoms with van der Waals surface area (Å²) in [7, 11) is 0. The van der Waals surface area contributed by atoms with E-state index >= 15 is 0 Å². The van der Waals surface area contributed by atoms with Gasteiger partial charge in [-0.25, -0.2) is 4.39 Å². The minimum atomic E-state index is -0.201. The number of thiophene rings is 1. The van der Waals surface area contributed by atoms with Crippen molar-refractivity contribution in [2.75, 3.05) is 5.73 Å². The second-order valence-electron chi connectivity index (χ2n) is 6.86. The summed E-state index contributed by atoms with van der Waals surface area (Å²) in [4.78, 5) is 1.77. The molecule has 0 radical (unpaired) electrons. The van der Waals surface area contributed by atoms with E-state index in [1.54, 1.807) is 12.1 Å². The highest BCUT2D eigenvalue weighted by Gasteiger charge is 2.15. The van der Waals surface area contributed by atoms with E-state index in [9.17, 15) is 4.39 Å². The molecule has 2 nitrogen and oxygen atoms in total. The van der Waals surface area contributed by atoms with E-state index in [2.05, 4.69) is 18.2 Å². The average Bonchev–Trinajstić information content (AvgIpc) is 3.11. The summed E-state index contributed by atoms with van der Waals surface area (Å²) < 4.78 is 18.5. The van der Waals surface area contributed by atoms with Gasteiger partial charge in [0.1, 0.15) is 11.5 Å². The molecule has 2 aromatic carbocycles. The van der Waals surface area contributed by atoms with Crippen LogP contribution in [0.25, 0.3) is 20.9 Å². The van der Waals surface area contributed by atoms with Crippen LogP contribution in [0.1, 0.15) is 25.8 Å².